The van der Waals surface area contributed by atoms with Gasteiger partial charge < -0.3 is 10.2 Å². The van der Waals surface area contributed by atoms with E-state index in [1.807, 2.05) is 41.5 Å². The highest BCUT2D eigenvalue weighted by Crippen LogP contribution is 2.66. The zero-order valence-corrected chi connectivity index (χ0v) is 22.9. The van der Waals surface area contributed by atoms with E-state index >= 15 is 0 Å². The molecule has 188 valence electrons. The van der Waals surface area contributed by atoms with E-state index in [9.17, 15) is 19.8 Å². The number of fused-ring (bicyclic) bond motifs is 4. The first-order chi connectivity index (χ1) is 15.8. The van der Waals surface area contributed by atoms with Gasteiger partial charge >= 0.3 is 0 Å². The first-order valence-corrected chi connectivity index (χ1v) is 12.6. The summed E-state index contributed by atoms with van der Waals surface area (Å²) in [7, 11) is 0. The van der Waals surface area contributed by atoms with Gasteiger partial charge in [0.1, 0.15) is 11.5 Å². The van der Waals surface area contributed by atoms with Gasteiger partial charge in [0.05, 0.1) is 11.1 Å². The lowest BCUT2D eigenvalue weighted by atomic mass is 9.69. The second-order valence-electron chi connectivity index (χ2n) is 14.2. The van der Waals surface area contributed by atoms with E-state index in [0.29, 0.717) is 24.0 Å². The second kappa shape index (κ2) is 7.21. The summed E-state index contributed by atoms with van der Waals surface area (Å²) in [5.41, 5.74) is 3.93. The highest BCUT2D eigenvalue weighted by molar-refractivity contribution is 5.90. The molecular weight excluding hydrogens is 436 g/mol. The maximum absolute atomic E-state index is 12.6. The van der Waals surface area contributed by atoms with Crippen LogP contribution in [0.5, 0.6) is 11.5 Å². The van der Waals surface area contributed by atoms with E-state index in [1.54, 1.807) is 0 Å². The normalized spacial score (nSPS) is 19.5. The first kappa shape index (κ1) is 25.5. The van der Waals surface area contributed by atoms with Gasteiger partial charge in [-0.3, -0.25) is 9.59 Å². The molecule has 0 amide bonds. The number of hydrogen-bond donors (Lipinski definition) is 2. The van der Waals surface area contributed by atoms with Crippen molar-refractivity contribution in [1.29, 1.82) is 0 Å². The third-order valence-corrected chi connectivity index (χ3v) is 8.43. The number of aldehydes is 2. The van der Waals surface area contributed by atoms with Gasteiger partial charge in [-0.1, -0.05) is 81.4 Å². The molecule has 0 fully saturated rings. The van der Waals surface area contributed by atoms with Crippen LogP contribution in [-0.2, 0) is 27.1 Å². The molecule has 0 saturated heterocycles. The molecule has 35 heavy (non-hydrogen) atoms. The summed E-state index contributed by atoms with van der Waals surface area (Å²) >= 11 is 0. The molecule has 0 aliphatic heterocycles. The number of carbonyl (C=O) groups excluding carboxylic acids is 2. The molecule has 0 unspecified atom stereocenters. The number of carbonyl (C=O) groups is 2. The lowest BCUT2D eigenvalue weighted by Crippen LogP contribution is -2.29. The number of phenols is 2. The van der Waals surface area contributed by atoms with Crippen molar-refractivity contribution < 1.29 is 19.8 Å². The minimum atomic E-state index is -0.661. The Labute approximate surface area is 209 Å². The predicted molar refractivity (Wildman–Crippen MR) is 140 cm³/mol. The van der Waals surface area contributed by atoms with Gasteiger partial charge in [-0.25, -0.2) is 0 Å². The molecule has 0 saturated carbocycles. The predicted octanol–water partition coefficient (Wildman–Crippen LogP) is 6.97. The Morgan fingerprint density at radius 2 is 1.00 bits per heavy atom. The van der Waals surface area contributed by atoms with Crippen LogP contribution in [0.25, 0.3) is 0 Å². The van der Waals surface area contributed by atoms with Crippen LogP contribution in [0.2, 0.25) is 0 Å². The highest BCUT2D eigenvalue weighted by Gasteiger charge is 2.59. The van der Waals surface area contributed by atoms with Gasteiger partial charge in [-0.05, 0) is 56.8 Å². The molecule has 0 radical (unpaired) electrons. The van der Waals surface area contributed by atoms with Crippen molar-refractivity contribution in [1.82, 2.24) is 0 Å². The molecule has 2 aliphatic rings. The fraction of sp³-hybridized carbons (Fsp3) is 0.548. The van der Waals surface area contributed by atoms with Gasteiger partial charge in [-0.2, -0.15) is 0 Å². The van der Waals surface area contributed by atoms with Gasteiger partial charge in [-0.15, -0.1) is 0 Å². The largest absolute Gasteiger partial charge is 0.507 e. The van der Waals surface area contributed by atoms with E-state index in [0.717, 1.165) is 46.0 Å². The Balaban J connectivity index is 2.21. The minimum Gasteiger partial charge on any atom is -0.507 e. The third kappa shape index (κ3) is 3.39. The Morgan fingerprint density at radius 3 is 1.26 bits per heavy atom. The Morgan fingerprint density at radius 1 is 0.686 bits per heavy atom. The van der Waals surface area contributed by atoms with Crippen LogP contribution in [0.3, 0.4) is 0 Å². The summed E-state index contributed by atoms with van der Waals surface area (Å²) in [5.74, 6) is 0.0514. The molecule has 4 rings (SSSR count). The Kier molecular flexibility index (Phi) is 5.25. The van der Waals surface area contributed by atoms with E-state index in [4.69, 9.17) is 0 Å². The minimum absolute atomic E-state index is 0.0257. The van der Waals surface area contributed by atoms with E-state index in [2.05, 4.69) is 39.8 Å². The van der Waals surface area contributed by atoms with Crippen molar-refractivity contribution in [2.75, 3.05) is 0 Å². The maximum atomic E-state index is 12.6. The smallest absolute Gasteiger partial charge is 0.154 e. The summed E-state index contributed by atoms with van der Waals surface area (Å²) in [6.07, 6.45) is 2.94. The van der Waals surface area contributed by atoms with Gasteiger partial charge in [0.2, 0.25) is 0 Å². The summed E-state index contributed by atoms with van der Waals surface area (Å²) in [6.45, 7) is 20.9. The number of phenolic OH excluding ortho intramolecular Hbond substituents is 2. The average molecular weight is 477 g/mol. The molecule has 2 N–H and O–H groups in total. The fourth-order valence-electron chi connectivity index (χ4n) is 7.10. The van der Waals surface area contributed by atoms with Crippen LogP contribution >= 0.6 is 0 Å². The topological polar surface area (TPSA) is 74.6 Å². The van der Waals surface area contributed by atoms with Crippen LogP contribution in [0.1, 0.15) is 136 Å². The molecule has 2 aromatic carbocycles. The van der Waals surface area contributed by atoms with Gasteiger partial charge in [0, 0.05) is 16.5 Å². The number of rotatable bonds is 2. The van der Waals surface area contributed by atoms with Crippen LogP contribution in [0, 0.1) is 0 Å². The van der Waals surface area contributed by atoms with Crippen molar-refractivity contribution in [3.8, 4) is 11.5 Å². The van der Waals surface area contributed by atoms with E-state index in [1.165, 1.54) is 0 Å². The number of hydrogen-bond acceptors (Lipinski definition) is 4. The van der Waals surface area contributed by atoms with Crippen molar-refractivity contribution >= 4 is 12.6 Å². The first-order valence-electron chi connectivity index (χ1n) is 12.6. The average Bonchev–Trinajstić information content (AvgIpc) is 3.04. The highest BCUT2D eigenvalue weighted by atomic mass is 16.3. The molecule has 2 aliphatic carbocycles. The molecule has 2 aromatic rings. The molecule has 0 atom stereocenters. The van der Waals surface area contributed by atoms with Gasteiger partial charge in [0.15, 0.2) is 12.6 Å². The fourth-order valence-corrected chi connectivity index (χ4v) is 7.10. The van der Waals surface area contributed by atoms with Crippen LogP contribution in [-0.4, -0.2) is 22.8 Å². The summed E-state index contributed by atoms with van der Waals surface area (Å²) in [6, 6.07) is 4.14. The third-order valence-electron chi connectivity index (χ3n) is 8.43. The molecule has 0 heterocycles. The molecule has 1 spiro atoms. The second-order valence-corrected chi connectivity index (χ2v) is 14.2. The SMILES string of the molecule is CC(C)(C)c1cc2c(c(C=O)c1O)C1(CC2(C)C)CC(C)(C)c2cc(C(C)(C)C)c(O)c(C=O)c21. The summed E-state index contributed by atoms with van der Waals surface area (Å²) < 4.78 is 0. The molecule has 4 nitrogen and oxygen atoms in total. The van der Waals surface area contributed by atoms with Crippen molar-refractivity contribution in [3.63, 3.8) is 0 Å². The van der Waals surface area contributed by atoms with Crippen LogP contribution in [0.15, 0.2) is 12.1 Å². The summed E-state index contributed by atoms with van der Waals surface area (Å²) in [5, 5.41) is 22.7. The van der Waals surface area contributed by atoms with Crippen LogP contribution in [0.4, 0.5) is 0 Å². The Bertz CT molecular complexity index is 1160. The standard InChI is InChI=1S/C31H40O4/c1-27(2,3)21-11-19-23(17(13-32)25(21)34)31(15-29(19,7)8)16-30(9,10)20-12-22(28(4,5)6)26(35)18(14-33)24(20)31/h11-14,34-35H,15-16H2,1-10H3. The Hall–Kier alpha value is -2.62. The molecule has 0 aromatic heterocycles. The molecule has 4 heteroatoms. The lowest BCUT2D eigenvalue weighted by Gasteiger charge is -2.33. The molecular formula is C31H40O4. The van der Waals surface area contributed by atoms with E-state index in [-0.39, 0.29) is 33.2 Å². The van der Waals surface area contributed by atoms with E-state index < -0.39 is 5.41 Å². The quantitative estimate of drug-likeness (QED) is 0.459. The number of aromatic hydroxyl groups is 2. The van der Waals surface area contributed by atoms with Crippen molar-refractivity contribution in [2.45, 2.75) is 109 Å². The van der Waals surface area contributed by atoms with Gasteiger partial charge in [0.25, 0.3) is 0 Å². The molecule has 0 bridgehead atoms. The monoisotopic (exact) mass is 476 g/mol. The summed E-state index contributed by atoms with van der Waals surface area (Å²) in [4.78, 5) is 25.2. The number of benzene rings is 2. The van der Waals surface area contributed by atoms with Crippen LogP contribution < -0.4 is 0 Å². The maximum Gasteiger partial charge on any atom is 0.154 e. The van der Waals surface area contributed by atoms with Crippen molar-refractivity contribution in [2.24, 2.45) is 0 Å². The van der Waals surface area contributed by atoms with Crippen molar-refractivity contribution in [3.05, 3.63) is 56.6 Å². The zero-order valence-electron chi connectivity index (χ0n) is 22.9. The lowest BCUT2D eigenvalue weighted by molar-refractivity contribution is 0.111. The zero-order chi connectivity index (χ0) is 26.5.